The van der Waals surface area contributed by atoms with E-state index < -0.39 is 21.6 Å². The quantitative estimate of drug-likeness (QED) is 0.663. The van der Waals surface area contributed by atoms with E-state index in [1.54, 1.807) is 23.1 Å². The largest absolute Gasteiger partial charge is 0.324 e. The van der Waals surface area contributed by atoms with Crippen LogP contribution in [0.3, 0.4) is 0 Å². The molecule has 1 aliphatic carbocycles. The van der Waals surface area contributed by atoms with Crippen molar-refractivity contribution in [2.75, 3.05) is 22.5 Å². The van der Waals surface area contributed by atoms with E-state index in [4.69, 9.17) is 0 Å². The Kier molecular flexibility index (Phi) is 5.67. The van der Waals surface area contributed by atoms with Gasteiger partial charge in [-0.15, -0.1) is 0 Å². The number of rotatable bonds is 6. The van der Waals surface area contributed by atoms with Gasteiger partial charge in [0.2, 0.25) is 11.8 Å². The lowest BCUT2D eigenvalue weighted by Crippen LogP contribution is -2.30. The minimum Gasteiger partial charge on any atom is -0.324 e. The molecule has 0 spiro atoms. The maximum Gasteiger partial charge on any atom is 0.230 e. The predicted octanol–water partition coefficient (Wildman–Crippen LogP) is 3.69. The van der Waals surface area contributed by atoms with Crippen molar-refractivity contribution in [3.63, 3.8) is 0 Å². The summed E-state index contributed by atoms with van der Waals surface area (Å²) in [5.74, 6) is -1.36. The maximum absolute atomic E-state index is 13.8. The summed E-state index contributed by atoms with van der Waals surface area (Å²) in [5.41, 5.74) is 1.60. The molecule has 1 aliphatic heterocycles. The summed E-state index contributed by atoms with van der Waals surface area (Å²) in [6.45, 7) is 0.565. The molecule has 1 N–H and O–H groups in total. The van der Waals surface area contributed by atoms with E-state index in [1.165, 1.54) is 18.2 Å². The molecule has 0 radical (unpaired) electrons. The van der Waals surface area contributed by atoms with Gasteiger partial charge in [-0.2, -0.15) is 0 Å². The second-order valence-electron chi connectivity index (χ2n) is 7.55. The number of hydrogen-bond acceptors (Lipinski definition) is 4. The van der Waals surface area contributed by atoms with Crippen LogP contribution in [0.4, 0.5) is 15.8 Å². The number of anilines is 2. The zero-order valence-electron chi connectivity index (χ0n) is 16.0. The van der Waals surface area contributed by atoms with E-state index in [-0.39, 0.29) is 34.6 Å². The Morgan fingerprint density at radius 1 is 1.17 bits per heavy atom. The van der Waals surface area contributed by atoms with Crippen LogP contribution in [0, 0.1) is 11.7 Å². The third kappa shape index (κ3) is 4.41. The van der Waals surface area contributed by atoms with E-state index >= 15 is 0 Å². The fourth-order valence-corrected chi connectivity index (χ4v) is 5.12. The van der Waals surface area contributed by atoms with Crippen LogP contribution in [0.1, 0.15) is 24.8 Å². The number of halogens is 2. The van der Waals surface area contributed by atoms with E-state index in [2.05, 4.69) is 21.2 Å². The highest BCUT2D eigenvalue weighted by molar-refractivity contribution is 9.10. The van der Waals surface area contributed by atoms with Gasteiger partial charge in [0.1, 0.15) is 5.82 Å². The first-order valence-corrected chi connectivity index (χ1v) is 12.1. The van der Waals surface area contributed by atoms with Gasteiger partial charge in [-0.25, -0.2) is 12.8 Å². The van der Waals surface area contributed by atoms with Crippen LogP contribution < -0.4 is 10.2 Å². The van der Waals surface area contributed by atoms with Crippen molar-refractivity contribution in [3.05, 3.63) is 52.3 Å². The normalized spacial score (nSPS) is 15.7. The number of carbonyl (C=O) groups excluding carboxylic acids is 2. The number of fused-ring (bicyclic) bond motifs is 1. The molecule has 0 unspecified atom stereocenters. The van der Waals surface area contributed by atoms with Crippen LogP contribution in [0.5, 0.6) is 0 Å². The summed E-state index contributed by atoms with van der Waals surface area (Å²) in [4.78, 5) is 26.3. The molecule has 2 amide bonds. The minimum absolute atomic E-state index is 0.00134. The number of amides is 2. The third-order valence-corrected chi connectivity index (χ3v) is 7.51. The lowest BCUT2D eigenvalue weighted by molar-refractivity contribution is -0.119. The average molecular weight is 495 g/mol. The summed E-state index contributed by atoms with van der Waals surface area (Å²) < 4.78 is 39.8. The second kappa shape index (κ2) is 8.11. The lowest BCUT2D eigenvalue weighted by atomic mass is 10.2. The molecule has 30 heavy (non-hydrogen) atoms. The number of benzene rings is 2. The highest BCUT2D eigenvalue weighted by atomic mass is 79.9. The molecule has 4 rings (SSSR count). The molecule has 9 heteroatoms. The average Bonchev–Trinajstić information content (AvgIpc) is 3.47. The van der Waals surface area contributed by atoms with Gasteiger partial charge in [-0.05, 0) is 61.2 Å². The first-order valence-electron chi connectivity index (χ1n) is 9.66. The van der Waals surface area contributed by atoms with Crippen molar-refractivity contribution in [1.82, 2.24) is 0 Å². The summed E-state index contributed by atoms with van der Waals surface area (Å²) in [5, 5.41) is 2.39. The van der Waals surface area contributed by atoms with Crippen LogP contribution in [0.15, 0.2) is 45.8 Å². The molecule has 0 aromatic heterocycles. The summed E-state index contributed by atoms with van der Waals surface area (Å²) in [6.07, 6.45) is 2.16. The molecule has 6 nitrogen and oxygen atoms in total. The Bertz CT molecular complexity index is 1130. The van der Waals surface area contributed by atoms with Gasteiger partial charge in [0.15, 0.2) is 9.84 Å². The van der Waals surface area contributed by atoms with E-state index in [1.807, 2.05) is 0 Å². The van der Waals surface area contributed by atoms with Crippen LogP contribution >= 0.6 is 15.9 Å². The Balaban J connectivity index is 1.41. The molecule has 2 aliphatic rings. The molecule has 2 aromatic rings. The number of sulfone groups is 1. The first kappa shape index (κ1) is 21.0. The molecule has 0 atom stereocenters. The van der Waals surface area contributed by atoms with Gasteiger partial charge in [0.25, 0.3) is 0 Å². The number of carbonyl (C=O) groups is 2. The molecular formula is C21H20BrFN2O4S. The standard InChI is InChI=1S/C21H20BrFN2O4S/c22-15-3-5-18(17(23)12-15)24-20(26)8-10-30(28,29)16-4-6-19-14(11-16)7-9-25(19)21(27)13-1-2-13/h3-6,11-13H,1-2,7-10H2,(H,24,26). The molecule has 158 valence electrons. The molecular weight excluding hydrogens is 475 g/mol. The zero-order valence-corrected chi connectivity index (χ0v) is 18.4. The van der Waals surface area contributed by atoms with Crippen molar-refractivity contribution >= 4 is 49.0 Å². The predicted molar refractivity (Wildman–Crippen MR) is 115 cm³/mol. The van der Waals surface area contributed by atoms with Crippen molar-refractivity contribution in [2.45, 2.75) is 30.6 Å². The van der Waals surface area contributed by atoms with Crippen LogP contribution in [-0.2, 0) is 25.8 Å². The molecule has 1 saturated carbocycles. The Morgan fingerprint density at radius 3 is 2.63 bits per heavy atom. The summed E-state index contributed by atoms with van der Waals surface area (Å²) >= 11 is 3.13. The van der Waals surface area contributed by atoms with Gasteiger partial charge in [0, 0.05) is 29.0 Å². The van der Waals surface area contributed by atoms with Gasteiger partial charge in [-0.3, -0.25) is 9.59 Å². The van der Waals surface area contributed by atoms with Crippen LogP contribution in [0.2, 0.25) is 0 Å². The van der Waals surface area contributed by atoms with E-state index in [0.29, 0.717) is 17.4 Å². The second-order valence-corrected chi connectivity index (χ2v) is 10.6. The first-order chi connectivity index (χ1) is 14.2. The van der Waals surface area contributed by atoms with Gasteiger partial charge >= 0.3 is 0 Å². The van der Waals surface area contributed by atoms with Gasteiger partial charge in [-0.1, -0.05) is 15.9 Å². The van der Waals surface area contributed by atoms with E-state index in [0.717, 1.165) is 24.1 Å². The minimum atomic E-state index is -3.69. The smallest absolute Gasteiger partial charge is 0.230 e. The van der Waals surface area contributed by atoms with Gasteiger partial charge in [0.05, 0.1) is 16.3 Å². The summed E-state index contributed by atoms with van der Waals surface area (Å²) in [7, 11) is -3.69. The Hall–Kier alpha value is -2.26. The highest BCUT2D eigenvalue weighted by Crippen LogP contribution is 2.37. The van der Waals surface area contributed by atoms with Crippen molar-refractivity contribution in [1.29, 1.82) is 0 Å². The van der Waals surface area contributed by atoms with E-state index in [9.17, 15) is 22.4 Å². The Labute approximate surface area is 182 Å². The molecule has 0 saturated heterocycles. The monoisotopic (exact) mass is 494 g/mol. The molecule has 1 heterocycles. The number of nitrogens with one attached hydrogen (secondary N) is 1. The van der Waals surface area contributed by atoms with Gasteiger partial charge < -0.3 is 10.2 Å². The zero-order chi connectivity index (χ0) is 21.5. The highest BCUT2D eigenvalue weighted by Gasteiger charge is 2.36. The lowest BCUT2D eigenvalue weighted by Gasteiger charge is -2.17. The van der Waals surface area contributed by atoms with Crippen molar-refractivity contribution in [3.8, 4) is 0 Å². The van der Waals surface area contributed by atoms with Crippen LogP contribution in [0.25, 0.3) is 0 Å². The van der Waals surface area contributed by atoms with Crippen molar-refractivity contribution in [2.24, 2.45) is 5.92 Å². The fourth-order valence-electron chi connectivity index (χ4n) is 3.50. The fraction of sp³-hybridized carbons (Fsp3) is 0.333. The molecule has 2 aromatic carbocycles. The number of nitrogens with zero attached hydrogens (tertiary/aromatic N) is 1. The van der Waals surface area contributed by atoms with Crippen molar-refractivity contribution < 1.29 is 22.4 Å². The Morgan fingerprint density at radius 2 is 1.93 bits per heavy atom. The van der Waals surface area contributed by atoms with Crippen LogP contribution in [-0.4, -0.2) is 32.5 Å². The third-order valence-electron chi connectivity index (χ3n) is 5.30. The molecule has 0 bridgehead atoms. The summed E-state index contributed by atoms with van der Waals surface area (Å²) in [6, 6.07) is 8.95. The molecule has 1 fully saturated rings. The maximum atomic E-state index is 13.8. The number of hydrogen-bond donors (Lipinski definition) is 1. The topological polar surface area (TPSA) is 83.6 Å². The SMILES string of the molecule is O=C(CCS(=O)(=O)c1ccc2c(c1)CCN2C(=O)C1CC1)Nc1ccc(Br)cc1F.